The van der Waals surface area contributed by atoms with Crippen LogP contribution in [0.25, 0.3) is 0 Å². The monoisotopic (exact) mass is 279 g/mol. The zero-order valence-electron chi connectivity index (χ0n) is 8.37. The van der Waals surface area contributed by atoms with Gasteiger partial charge in [-0.25, -0.2) is 0 Å². The van der Waals surface area contributed by atoms with Crippen molar-refractivity contribution in [1.82, 2.24) is 4.90 Å². The van der Waals surface area contributed by atoms with Gasteiger partial charge in [0.1, 0.15) is 13.1 Å². The van der Waals surface area contributed by atoms with Crippen molar-refractivity contribution in [2.75, 3.05) is 13.1 Å². The van der Waals surface area contributed by atoms with Crippen LogP contribution in [-0.4, -0.2) is 58.1 Å². The Balaban J connectivity index is 5.18. The Morgan fingerprint density at radius 2 is 1.22 bits per heavy atom. The number of amides is 1. The van der Waals surface area contributed by atoms with E-state index < -0.39 is 47.9 Å². The first-order chi connectivity index (χ1) is 7.89. The lowest BCUT2D eigenvalue weighted by molar-refractivity contribution is -0.274. The molecule has 0 saturated heterocycles. The zero-order valence-corrected chi connectivity index (χ0v) is 8.37. The van der Waals surface area contributed by atoms with E-state index in [-0.39, 0.29) is 0 Å². The van der Waals surface area contributed by atoms with Gasteiger partial charge in [-0.05, 0) is 0 Å². The summed E-state index contributed by atoms with van der Waals surface area (Å²) >= 11 is 0. The molecule has 0 radical (unpaired) electrons. The second kappa shape index (κ2) is 5.14. The van der Waals surface area contributed by atoms with Crippen molar-refractivity contribution in [2.45, 2.75) is 12.1 Å². The third-order valence-electron chi connectivity index (χ3n) is 1.56. The quantitative estimate of drug-likeness (QED) is 0.700. The Morgan fingerprint density at radius 1 is 0.889 bits per heavy atom. The number of hydrogen-bond acceptors (Lipinski definition) is 3. The molecule has 0 atom stereocenters. The molecule has 0 bridgehead atoms. The lowest BCUT2D eigenvalue weighted by Gasteiger charge is -2.25. The summed E-state index contributed by atoms with van der Waals surface area (Å²) in [6.07, 6.45) is -6.24. The van der Waals surface area contributed by atoms with Crippen molar-refractivity contribution in [3.63, 3.8) is 0 Å². The predicted octanol–water partition coefficient (Wildman–Crippen LogP) is 0.182. The van der Waals surface area contributed by atoms with Crippen molar-refractivity contribution in [2.24, 2.45) is 0 Å². The molecule has 0 aromatic carbocycles. The summed E-state index contributed by atoms with van der Waals surface area (Å²) < 4.78 is 60.6. The van der Waals surface area contributed by atoms with Crippen LogP contribution in [0.4, 0.5) is 22.0 Å². The van der Waals surface area contributed by atoms with Crippen molar-refractivity contribution in [3.05, 3.63) is 0 Å². The van der Waals surface area contributed by atoms with Gasteiger partial charge in [0.15, 0.2) is 0 Å². The van der Waals surface area contributed by atoms with E-state index in [9.17, 15) is 36.3 Å². The Bertz CT molecular complexity index is 350. The van der Waals surface area contributed by atoms with Crippen LogP contribution in [0.15, 0.2) is 0 Å². The fourth-order valence-electron chi connectivity index (χ4n) is 0.846. The number of nitrogens with zero attached hydrogens (tertiary/aromatic N) is 1. The molecule has 18 heavy (non-hydrogen) atoms. The molecule has 0 aliphatic rings. The zero-order chi connectivity index (χ0) is 14.7. The van der Waals surface area contributed by atoms with E-state index in [1.165, 1.54) is 0 Å². The van der Waals surface area contributed by atoms with Crippen LogP contribution >= 0.6 is 0 Å². The number of halogens is 5. The van der Waals surface area contributed by atoms with Crippen LogP contribution < -0.4 is 0 Å². The lowest BCUT2D eigenvalue weighted by Crippen LogP contribution is -2.54. The van der Waals surface area contributed by atoms with Gasteiger partial charge in [0.05, 0.1) is 0 Å². The minimum absolute atomic E-state index is 0.613. The highest BCUT2D eigenvalue weighted by Gasteiger charge is 2.64. The summed E-state index contributed by atoms with van der Waals surface area (Å²) in [6, 6.07) is 0. The number of carbonyl (C=O) groups excluding carboxylic acids is 1. The highest BCUT2D eigenvalue weighted by Crippen LogP contribution is 2.36. The topological polar surface area (TPSA) is 94.9 Å². The molecule has 6 nitrogen and oxygen atoms in total. The summed E-state index contributed by atoms with van der Waals surface area (Å²) in [4.78, 5) is 30.5. The maximum atomic E-state index is 12.6. The first-order valence-electron chi connectivity index (χ1n) is 4.07. The van der Waals surface area contributed by atoms with E-state index in [1.807, 2.05) is 0 Å². The number of hydrogen-bond donors (Lipinski definition) is 2. The second-order valence-electron chi connectivity index (χ2n) is 3.02. The molecule has 0 unspecified atom stereocenters. The predicted molar refractivity (Wildman–Crippen MR) is 42.9 cm³/mol. The van der Waals surface area contributed by atoms with Gasteiger partial charge in [-0.2, -0.15) is 22.0 Å². The van der Waals surface area contributed by atoms with Gasteiger partial charge in [-0.3, -0.25) is 14.4 Å². The summed E-state index contributed by atoms with van der Waals surface area (Å²) in [5.41, 5.74) is 0. The van der Waals surface area contributed by atoms with Gasteiger partial charge in [0.25, 0.3) is 0 Å². The van der Waals surface area contributed by atoms with Crippen molar-refractivity contribution >= 4 is 17.8 Å². The van der Waals surface area contributed by atoms with Gasteiger partial charge in [-0.15, -0.1) is 0 Å². The minimum atomic E-state index is -6.24. The minimum Gasteiger partial charge on any atom is -0.480 e. The Morgan fingerprint density at radius 3 is 1.44 bits per heavy atom. The fraction of sp³-hybridized carbons (Fsp3) is 0.571. The average molecular weight is 279 g/mol. The molecule has 0 aromatic rings. The largest absolute Gasteiger partial charge is 0.480 e. The Kier molecular flexibility index (Phi) is 4.59. The molecule has 0 aromatic heterocycles. The molecule has 0 saturated carbocycles. The maximum absolute atomic E-state index is 12.6. The van der Waals surface area contributed by atoms with E-state index >= 15 is 0 Å². The average Bonchev–Trinajstić information content (AvgIpc) is 2.12. The van der Waals surface area contributed by atoms with E-state index in [2.05, 4.69) is 0 Å². The smallest absolute Gasteiger partial charge is 0.463 e. The van der Waals surface area contributed by atoms with E-state index in [0.29, 0.717) is 0 Å². The molecule has 0 rings (SSSR count). The van der Waals surface area contributed by atoms with Gasteiger partial charge in [0.2, 0.25) is 0 Å². The van der Waals surface area contributed by atoms with Crippen molar-refractivity contribution in [3.8, 4) is 0 Å². The van der Waals surface area contributed by atoms with E-state index in [1.54, 1.807) is 0 Å². The molecule has 0 aliphatic heterocycles. The highest BCUT2D eigenvalue weighted by atomic mass is 19.4. The molecule has 0 heterocycles. The first kappa shape index (κ1) is 16.1. The van der Waals surface area contributed by atoms with Crippen LogP contribution in [-0.2, 0) is 14.4 Å². The maximum Gasteiger partial charge on any atom is 0.463 e. The number of rotatable bonds is 5. The Hall–Kier alpha value is -1.94. The molecule has 0 fully saturated rings. The van der Waals surface area contributed by atoms with Crippen LogP contribution in [0.5, 0.6) is 0 Å². The number of aliphatic carboxylic acids is 2. The van der Waals surface area contributed by atoms with Gasteiger partial charge in [-0.1, -0.05) is 0 Å². The van der Waals surface area contributed by atoms with Crippen LogP contribution in [0.3, 0.4) is 0 Å². The molecular formula is C7H6F5NO5. The molecule has 2 N–H and O–H groups in total. The molecular weight excluding hydrogens is 273 g/mol. The highest BCUT2D eigenvalue weighted by molar-refractivity contribution is 5.90. The number of carboxylic acid groups (broad SMARTS) is 2. The fourth-order valence-corrected chi connectivity index (χ4v) is 0.846. The van der Waals surface area contributed by atoms with Gasteiger partial charge >= 0.3 is 29.9 Å². The van der Waals surface area contributed by atoms with Crippen molar-refractivity contribution in [1.29, 1.82) is 0 Å². The van der Waals surface area contributed by atoms with Crippen LogP contribution in [0, 0.1) is 0 Å². The first-order valence-corrected chi connectivity index (χ1v) is 4.07. The molecule has 0 spiro atoms. The normalized spacial score (nSPS) is 12.1. The summed E-state index contributed by atoms with van der Waals surface area (Å²) in [7, 11) is 0. The lowest BCUT2D eigenvalue weighted by atomic mass is 10.2. The molecule has 0 aliphatic carbocycles. The second-order valence-corrected chi connectivity index (χ2v) is 3.02. The van der Waals surface area contributed by atoms with Gasteiger partial charge in [0, 0.05) is 0 Å². The molecule has 1 amide bonds. The third-order valence-corrected chi connectivity index (χ3v) is 1.56. The summed E-state index contributed by atoms with van der Waals surface area (Å²) in [6.45, 7) is -3.17. The van der Waals surface area contributed by atoms with Gasteiger partial charge < -0.3 is 15.1 Å². The Labute approximate surface area is 95.6 Å². The van der Waals surface area contributed by atoms with Crippen LogP contribution in [0.1, 0.15) is 0 Å². The summed E-state index contributed by atoms with van der Waals surface area (Å²) in [5, 5.41) is 16.4. The number of carbonyl (C=O) groups is 3. The van der Waals surface area contributed by atoms with E-state index in [0.717, 1.165) is 0 Å². The van der Waals surface area contributed by atoms with E-state index in [4.69, 9.17) is 10.2 Å². The standard InChI is InChI=1S/C7H6F5NO5/c8-6(9,7(10,11)12)5(18)13(1-3(14)15)2-4(16)17/h1-2H2,(H,14,15)(H,16,17). The SMILES string of the molecule is O=C(O)CN(CC(=O)O)C(=O)C(F)(F)C(F)(F)F. The van der Waals surface area contributed by atoms with Crippen LogP contribution in [0.2, 0.25) is 0 Å². The number of carboxylic acids is 2. The number of alkyl halides is 5. The summed E-state index contributed by atoms with van der Waals surface area (Å²) in [5.74, 6) is -12.6. The van der Waals surface area contributed by atoms with Crippen molar-refractivity contribution < 1.29 is 46.5 Å². The third kappa shape index (κ3) is 3.82. The molecule has 104 valence electrons. The molecule has 11 heteroatoms.